The number of nitrogen functional groups attached to an aromatic ring is 1. The van der Waals surface area contributed by atoms with Crippen molar-refractivity contribution in [3.63, 3.8) is 0 Å². The Morgan fingerprint density at radius 1 is 0.872 bits per heavy atom. The molecule has 0 aliphatic rings. The molecule has 0 aliphatic carbocycles. The fourth-order valence-electron chi connectivity index (χ4n) is 3.19. The molecule has 12 heteroatoms. The van der Waals surface area contributed by atoms with E-state index in [9.17, 15) is 9.59 Å². The summed E-state index contributed by atoms with van der Waals surface area (Å²) in [4.78, 5) is 34.0. The minimum absolute atomic E-state index is 0.0685. The van der Waals surface area contributed by atoms with E-state index in [2.05, 4.69) is 5.32 Å². The number of aliphatic carboxylic acids is 1. The molecule has 0 bridgehead atoms. The van der Waals surface area contributed by atoms with E-state index >= 15 is 0 Å². The van der Waals surface area contributed by atoms with Gasteiger partial charge in [0.05, 0.1) is 26.4 Å². The molecule has 0 heterocycles. The van der Waals surface area contributed by atoms with Crippen molar-refractivity contribution in [3.8, 4) is 17.2 Å². The van der Waals surface area contributed by atoms with Crippen LogP contribution in [0.3, 0.4) is 0 Å². The summed E-state index contributed by atoms with van der Waals surface area (Å²) in [5.41, 5.74) is 7.04. The normalized spacial score (nSPS) is 10.7. The Balaban J connectivity index is 0.00000177. The molecule has 0 saturated heterocycles. The first kappa shape index (κ1) is 32.5. The van der Waals surface area contributed by atoms with Gasteiger partial charge in [-0.1, -0.05) is 0 Å². The number of hydrogen-bond acceptors (Lipinski definition) is 10. The Labute approximate surface area is 227 Å². The first-order chi connectivity index (χ1) is 18.6. The second-order valence-electron chi connectivity index (χ2n) is 7.64. The molecule has 0 fully saturated rings. The molecule has 2 aromatic carbocycles. The molecule has 2 aromatic rings. The molecular weight excluding hydrogens is 510 g/mol. The molecular formula is C27H37N3O9. The Morgan fingerprint density at radius 2 is 1.41 bits per heavy atom. The maximum absolute atomic E-state index is 13.0. The highest BCUT2D eigenvalue weighted by Gasteiger charge is 2.28. The molecule has 1 atom stereocenters. The summed E-state index contributed by atoms with van der Waals surface area (Å²) in [6.45, 7) is 8.91. The molecule has 214 valence electrons. The van der Waals surface area contributed by atoms with Crippen molar-refractivity contribution in [3.05, 3.63) is 47.5 Å². The number of ether oxygens (including phenoxy) is 5. The monoisotopic (exact) mass is 547 g/mol. The van der Waals surface area contributed by atoms with Gasteiger partial charge in [0.1, 0.15) is 11.6 Å². The van der Waals surface area contributed by atoms with E-state index in [0.29, 0.717) is 41.5 Å². The minimum atomic E-state index is -1.01. The maximum atomic E-state index is 13.0. The van der Waals surface area contributed by atoms with Crippen LogP contribution in [-0.2, 0) is 23.9 Å². The molecule has 0 spiro atoms. The summed E-state index contributed by atoms with van der Waals surface area (Å²) in [5.74, 6) is -0.959. The van der Waals surface area contributed by atoms with Crippen LogP contribution in [0.1, 0.15) is 51.8 Å². The van der Waals surface area contributed by atoms with E-state index in [0.717, 1.165) is 6.92 Å². The lowest BCUT2D eigenvalue weighted by Crippen LogP contribution is -2.25. The zero-order valence-corrected chi connectivity index (χ0v) is 22.9. The van der Waals surface area contributed by atoms with Gasteiger partial charge in [-0.05, 0) is 58.0 Å². The van der Waals surface area contributed by atoms with Crippen molar-refractivity contribution in [1.82, 2.24) is 0 Å². The zero-order valence-electron chi connectivity index (χ0n) is 22.9. The number of esters is 2. The number of rotatable bonds is 14. The predicted octanol–water partition coefficient (Wildman–Crippen LogP) is 3.52. The molecule has 1 unspecified atom stereocenters. The molecule has 0 saturated carbocycles. The lowest BCUT2D eigenvalue weighted by molar-refractivity contribution is -0.145. The van der Waals surface area contributed by atoms with Crippen molar-refractivity contribution in [2.45, 2.75) is 40.7 Å². The van der Waals surface area contributed by atoms with Gasteiger partial charge >= 0.3 is 11.9 Å². The molecule has 5 N–H and O–H groups in total. The molecule has 0 radical (unpaired) electrons. The van der Waals surface area contributed by atoms with Gasteiger partial charge in [-0.15, -0.1) is 0 Å². The van der Waals surface area contributed by atoms with Crippen molar-refractivity contribution in [1.29, 1.82) is 5.41 Å². The summed E-state index contributed by atoms with van der Waals surface area (Å²) in [5, 5.41) is 18.1. The van der Waals surface area contributed by atoms with Crippen LogP contribution in [0.4, 0.5) is 5.69 Å². The van der Waals surface area contributed by atoms with Crippen LogP contribution in [0.15, 0.2) is 36.4 Å². The number of carbonyl (C=O) groups is 3. The molecule has 12 nitrogen and oxygen atoms in total. The second-order valence-corrected chi connectivity index (χ2v) is 7.64. The Morgan fingerprint density at radius 3 is 1.90 bits per heavy atom. The molecule has 39 heavy (non-hydrogen) atoms. The van der Waals surface area contributed by atoms with Gasteiger partial charge in [0.15, 0.2) is 24.1 Å². The predicted molar refractivity (Wildman–Crippen MR) is 145 cm³/mol. The van der Waals surface area contributed by atoms with E-state index in [1.54, 1.807) is 50.2 Å². The Hall–Kier alpha value is -4.48. The largest absolute Gasteiger partial charge is 0.490 e. The van der Waals surface area contributed by atoms with Crippen LogP contribution < -0.4 is 25.3 Å². The van der Waals surface area contributed by atoms with Gasteiger partial charge in [-0.25, -0.2) is 9.59 Å². The number of anilines is 1. The lowest BCUT2D eigenvalue weighted by Gasteiger charge is -2.23. The third kappa shape index (κ3) is 11.2. The highest BCUT2D eigenvalue weighted by Crippen LogP contribution is 2.39. The van der Waals surface area contributed by atoms with Crippen molar-refractivity contribution in [2.75, 3.05) is 38.4 Å². The molecule has 0 aromatic heterocycles. The van der Waals surface area contributed by atoms with Gasteiger partial charge in [-0.2, -0.15) is 0 Å². The number of amidine groups is 1. The minimum Gasteiger partial charge on any atom is -0.490 e. The van der Waals surface area contributed by atoms with Crippen molar-refractivity contribution in [2.24, 2.45) is 5.73 Å². The van der Waals surface area contributed by atoms with E-state index in [-0.39, 0.29) is 31.4 Å². The van der Waals surface area contributed by atoms with Crippen LogP contribution in [0, 0.1) is 5.41 Å². The van der Waals surface area contributed by atoms with E-state index in [1.165, 1.54) is 0 Å². The highest BCUT2D eigenvalue weighted by molar-refractivity contribution is 5.95. The molecule has 2 rings (SSSR count). The summed E-state index contributed by atoms with van der Waals surface area (Å²) >= 11 is 0. The SMILES string of the molecule is CC(=O)O.CCOC(=O)COc1cc(OCC)c(OCC)cc1C(Nc1ccc(C(=N)N)cc1)C(=O)OCC. The van der Waals surface area contributed by atoms with Crippen LogP contribution in [0.2, 0.25) is 0 Å². The van der Waals surface area contributed by atoms with Crippen molar-refractivity contribution < 1.29 is 43.2 Å². The Bertz CT molecular complexity index is 1100. The van der Waals surface area contributed by atoms with Gasteiger partial charge in [0, 0.05) is 29.8 Å². The van der Waals surface area contributed by atoms with Crippen LogP contribution in [0.5, 0.6) is 17.2 Å². The highest BCUT2D eigenvalue weighted by atomic mass is 16.6. The first-order valence-corrected chi connectivity index (χ1v) is 12.4. The third-order valence-electron chi connectivity index (χ3n) is 4.67. The zero-order chi connectivity index (χ0) is 29.4. The van der Waals surface area contributed by atoms with Gasteiger partial charge in [0.25, 0.3) is 5.97 Å². The summed E-state index contributed by atoms with van der Waals surface area (Å²) in [6, 6.07) is 8.91. The van der Waals surface area contributed by atoms with Gasteiger partial charge in [0.2, 0.25) is 0 Å². The lowest BCUT2D eigenvalue weighted by atomic mass is 10.0. The summed E-state index contributed by atoms with van der Waals surface area (Å²) < 4.78 is 27.5. The number of carboxylic acid groups (broad SMARTS) is 1. The average Bonchev–Trinajstić information content (AvgIpc) is 2.87. The summed E-state index contributed by atoms with van der Waals surface area (Å²) in [6.07, 6.45) is 0. The number of benzene rings is 2. The van der Waals surface area contributed by atoms with E-state index in [4.69, 9.17) is 44.7 Å². The smallest absolute Gasteiger partial charge is 0.344 e. The van der Waals surface area contributed by atoms with Crippen LogP contribution in [-0.4, -0.2) is 61.9 Å². The topological polar surface area (TPSA) is 179 Å². The number of nitrogens with two attached hydrogens (primary N) is 1. The maximum Gasteiger partial charge on any atom is 0.344 e. The molecule has 0 amide bonds. The fraction of sp³-hybridized carbons (Fsp3) is 0.407. The average molecular weight is 548 g/mol. The second kappa shape index (κ2) is 17.1. The summed E-state index contributed by atoms with van der Waals surface area (Å²) in [7, 11) is 0. The number of carbonyl (C=O) groups excluding carboxylic acids is 2. The standard InChI is InChI=1S/C25H33N3O7.C2H4O2/c1-5-31-20-13-18(19(14-21(20)32-6-2)35-15-22(29)33-7-3)23(25(30)34-8-4)28-17-11-9-16(10-12-17)24(26)27;1-2(3)4/h9-14,23,28H,5-8,15H2,1-4H3,(H3,26,27);1H3,(H,3,4). The number of nitrogens with one attached hydrogen (secondary N) is 2. The van der Waals surface area contributed by atoms with Crippen LogP contribution >= 0.6 is 0 Å². The molecule has 0 aliphatic heterocycles. The van der Waals surface area contributed by atoms with Crippen molar-refractivity contribution >= 4 is 29.4 Å². The third-order valence-corrected chi connectivity index (χ3v) is 4.67. The number of hydrogen-bond donors (Lipinski definition) is 4. The first-order valence-electron chi connectivity index (χ1n) is 12.4. The number of carboxylic acids is 1. The fourth-order valence-corrected chi connectivity index (χ4v) is 3.19. The van der Waals surface area contributed by atoms with Gasteiger partial charge < -0.3 is 39.8 Å². The quantitative estimate of drug-likeness (QED) is 0.154. The Kier molecular flexibility index (Phi) is 14.3. The van der Waals surface area contributed by atoms with E-state index < -0.39 is 23.9 Å². The van der Waals surface area contributed by atoms with Crippen LogP contribution in [0.25, 0.3) is 0 Å². The van der Waals surface area contributed by atoms with Gasteiger partial charge in [-0.3, -0.25) is 10.2 Å². The van der Waals surface area contributed by atoms with E-state index in [1.807, 2.05) is 13.8 Å².